The van der Waals surface area contributed by atoms with Crippen LogP contribution in [0.15, 0.2) is 42.5 Å². The molecule has 236 valence electrons. The topological polar surface area (TPSA) is 83.0 Å². The van der Waals surface area contributed by atoms with Crippen LogP contribution in [-0.2, 0) is 4.74 Å². The third kappa shape index (κ3) is 5.58. The van der Waals surface area contributed by atoms with Crippen molar-refractivity contribution in [3.05, 3.63) is 53.3 Å². The summed E-state index contributed by atoms with van der Waals surface area (Å²) in [7, 11) is 0. The molecule has 10 heteroatoms. The Hall–Kier alpha value is -3.24. The molecular weight excluding hydrogens is 593 g/mol. The first-order valence-electron chi connectivity index (χ1n) is 16.3. The quantitative estimate of drug-likeness (QED) is 0.240. The summed E-state index contributed by atoms with van der Waals surface area (Å²) >= 11 is 6.90. The second-order valence-corrected chi connectivity index (χ2v) is 13.9. The molecule has 8 nitrogen and oxygen atoms in total. The number of anilines is 1. The van der Waals surface area contributed by atoms with Crippen LogP contribution in [-0.4, -0.2) is 85.1 Å². The van der Waals surface area contributed by atoms with Crippen molar-refractivity contribution in [3.8, 4) is 22.9 Å². The van der Waals surface area contributed by atoms with Crippen molar-refractivity contribution >= 4 is 39.1 Å². The van der Waals surface area contributed by atoms with Gasteiger partial charge in [-0.2, -0.15) is 9.97 Å². The fourth-order valence-corrected chi connectivity index (χ4v) is 8.30. The van der Waals surface area contributed by atoms with Crippen molar-refractivity contribution < 1.29 is 19.0 Å². The molecular formula is C35H39ClFN5O3. The smallest absolute Gasteiger partial charge is 0.319 e. The Kier molecular flexibility index (Phi) is 7.68. The highest BCUT2D eigenvalue weighted by molar-refractivity contribution is 6.35. The molecule has 1 spiro atoms. The van der Waals surface area contributed by atoms with Gasteiger partial charge >= 0.3 is 6.01 Å². The van der Waals surface area contributed by atoms with Crippen molar-refractivity contribution in [2.24, 2.45) is 11.3 Å². The zero-order chi connectivity index (χ0) is 30.5. The first-order chi connectivity index (χ1) is 21.9. The lowest BCUT2D eigenvalue weighted by Crippen LogP contribution is -2.39. The number of halogens is 2. The normalized spacial score (nSPS) is 25.2. The summed E-state index contributed by atoms with van der Waals surface area (Å²) in [4.78, 5) is 14.3. The maximum absolute atomic E-state index is 16.8. The molecule has 0 saturated carbocycles. The molecule has 45 heavy (non-hydrogen) atoms. The number of aromatic hydroxyl groups is 1. The molecule has 3 unspecified atom stereocenters. The van der Waals surface area contributed by atoms with Gasteiger partial charge in [-0.15, -0.1) is 0 Å². The summed E-state index contributed by atoms with van der Waals surface area (Å²) in [5, 5.41) is 16.6. The van der Waals surface area contributed by atoms with Crippen LogP contribution in [0, 0.1) is 17.2 Å². The number of fused-ring (bicyclic) bond motifs is 4. The molecule has 8 rings (SSSR count). The first kappa shape index (κ1) is 29.2. The number of benzene rings is 3. The Balaban J connectivity index is 1.13. The Morgan fingerprint density at radius 3 is 2.93 bits per heavy atom. The van der Waals surface area contributed by atoms with Crippen LogP contribution in [0.25, 0.3) is 32.8 Å². The van der Waals surface area contributed by atoms with Crippen LogP contribution < -0.4 is 15.0 Å². The first-order valence-corrected chi connectivity index (χ1v) is 16.7. The lowest BCUT2D eigenvalue weighted by molar-refractivity contribution is 0.151. The second kappa shape index (κ2) is 11.8. The molecule has 2 bridgehead atoms. The third-order valence-corrected chi connectivity index (χ3v) is 10.7. The van der Waals surface area contributed by atoms with E-state index in [1.165, 1.54) is 6.42 Å². The maximum atomic E-state index is 16.8. The van der Waals surface area contributed by atoms with Gasteiger partial charge in [-0.25, -0.2) is 4.39 Å². The van der Waals surface area contributed by atoms with Crippen molar-refractivity contribution in [1.29, 1.82) is 0 Å². The van der Waals surface area contributed by atoms with E-state index < -0.39 is 5.82 Å². The zero-order valence-electron chi connectivity index (χ0n) is 25.4. The Labute approximate surface area is 267 Å². The number of nitrogens with zero attached hydrogens (tertiary/aromatic N) is 4. The Morgan fingerprint density at radius 2 is 2.04 bits per heavy atom. The number of phenolic OH excluding ortho intramolecular Hbond substituents is 1. The molecule has 4 aromatic rings. The number of nitrogens with one attached hydrogen (secondary N) is 1. The van der Waals surface area contributed by atoms with Gasteiger partial charge in [0.25, 0.3) is 0 Å². The van der Waals surface area contributed by atoms with Gasteiger partial charge < -0.3 is 29.7 Å². The van der Waals surface area contributed by atoms with E-state index in [4.69, 9.17) is 26.1 Å². The van der Waals surface area contributed by atoms with E-state index in [9.17, 15) is 5.11 Å². The van der Waals surface area contributed by atoms with E-state index in [1.54, 1.807) is 18.2 Å². The highest BCUT2D eigenvalue weighted by Gasteiger charge is 2.41. The van der Waals surface area contributed by atoms with E-state index in [1.807, 2.05) is 24.3 Å². The number of ether oxygens (including phenoxy) is 2. The van der Waals surface area contributed by atoms with Gasteiger partial charge in [-0.05, 0) is 85.6 Å². The van der Waals surface area contributed by atoms with Gasteiger partial charge in [-0.1, -0.05) is 35.9 Å². The van der Waals surface area contributed by atoms with Crippen LogP contribution in [0.3, 0.4) is 0 Å². The fourth-order valence-electron chi connectivity index (χ4n) is 8.01. The number of phenols is 1. The van der Waals surface area contributed by atoms with E-state index >= 15 is 4.39 Å². The average Bonchev–Trinajstić information content (AvgIpc) is 3.75. The summed E-state index contributed by atoms with van der Waals surface area (Å²) in [6, 6.07) is 13.1. The molecule has 3 aromatic carbocycles. The zero-order valence-corrected chi connectivity index (χ0v) is 26.2. The highest BCUT2D eigenvalue weighted by Crippen LogP contribution is 2.43. The predicted octanol–water partition coefficient (Wildman–Crippen LogP) is 6.02. The van der Waals surface area contributed by atoms with Crippen LogP contribution in [0.2, 0.25) is 5.02 Å². The van der Waals surface area contributed by atoms with Gasteiger partial charge in [0.05, 0.1) is 18.2 Å². The van der Waals surface area contributed by atoms with E-state index in [-0.39, 0.29) is 27.9 Å². The number of likely N-dealkylation sites (tertiary alicyclic amines) is 1. The number of aromatic nitrogens is 2. The highest BCUT2D eigenvalue weighted by atomic mass is 35.5. The molecule has 0 aliphatic carbocycles. The third-order valence-electron chi connectivity index (χ3n) is 10.4. The fraction of sp³-hybridized carbons (Fsp3) is 0.486. The lowest BCUT2D eigenvalue weighted by Gasteiger charge is -2.28. The monoisotopic (exact) mass is 631 g/mol. The van der Waals surface area contributed by atoms with E-state index in [0.29, 0.717) is 40.7 Å². The molecule has 0 radical (unpaired) electrons. The average molecular weight is 632 g/mol. The van der Waals surface area contributed by atoms with Gasteiger partial charge in [0.15, 0.2) is 5.82 Å². The SMILES string of the molecule is Oc1cc(-c2c(Cl)cc3c(N4CCC5CNC(C5)C4)nc(OCCCN4CCC5(CCOC5)C4)nc3c2F)c2ccccc2c1. The molecule has 4 aliphatic rings. The summed E-state index contributed by atoms with van der Waals surface area (Å²) in [5.74, 6) is 0.788. The van der Waals surface area contributed by atoms with Gasteiger partial charge in [0, 0.05) is 55.2 Å². The standard InChI is InChI=1S/C35H39ClFN5O3/c36-29-17-28-32(31(37)30(29)27-16-25(43)15-23-4-1-2-5-26(23)27)39-34(40-33(28)42-10-6-22-14-24(19-42)38-18-22)45-12-3-9-41-11-7-35(20-41)8-13-44-21-35/h1-2,4-5,15-17,22,24,38,43H,3,6-14,18-21H2. The summed E-state index contributed by atoms with van der Waals surface area (Å²) < 4.78 is 28.7. The summed E-state index contributed by atoms with van der Waals surface area (Å²) in [5.41, 5.74) is 1.23. The van der Waals surface area contributed by atoms with Crippen LogP contribution in [0.1, 0.15) is 32.1 Å². The van der Waals surface area contributed by atoms with Gasteiger partial charge in [0.2, 0.25) is 0 Å². The summed E-state index contributed by atoms with van der Waals surface area (Å²) in [6.07, 6.45) is 5.34. The Morgan fingerprint density at radius 1 is 1.13 bits per heavy atom. The number of rotatable bonds is 7. The minimum absolute atomic E-state index is 0.0446. The van der Waals surface area contributed by atoms with Gasteiger partial charge in [0.1, 0.15) is 17.1 Å². The van der Waals surface area contributed by atoms with Crippen LogP contribution >= 0.6 is 11.6 Å². The van der Waals surface area contributed by atoms with Crippen molar-refractivity contribution in [2.45, 2.75) is 38.1 Å². The lowest BCUT2D eigenvalue weighted by atomic mass is 9.87. The second-order valence-electron chi connectivity index (χ2n) is 13.5. The molecule has 4 fully saturated rings. The van der Waals surface area contributed by atoms with Gasteiger partial charge in [-0.3, -0.25) is 0 Å². The minimum Gasteiger partial charge on any atom is -0.508 e. The molecule has 3 atom stereocenters. The minimum atomic E-state index is -0.544. The van der Waals surface area contributed by atoms with E-state index in [0.717, 1.165) is 88.9 Å². The number of hydrogen-bond acceptors (Lipinski definition) is 8. The molecule has 4 saturated heterocycles. The maximum Gasteiger partial charge on any atom is 0.319 e. The van der Waals surface area contributed by atoms with Crippen molar-refractivity contribution in [3.63, 3.8) is 0 Å². The van der Waals surface area contributed by atoms with Crippen molar-refractivity contribution in [2.75, 3.05) is 64.0 Å². The number of hydrogen-bond donors (Lipinski definition) is 2. The van der Waals surface area contributed by atoms with E-state index in [2.05, 4.69) is 20.1 Å². The van der Waals surface area contributed by atoms with Crippen molar-refractivity contribution in [1.82, 2.24) is 20.2 Å². The van der Waals surface area contributed by atoms with Crippen LogP contribution in [0.4, 0.5) is 10.2 Å². The molecule has 2 N–H and O–H groups in total. The van der Waals surface area contributed by atoms with Crippen LogP contribution in [0.5, 0.6) is 11.8 Å². The molecule has 1 aromatic heterocycles. The molecule has 4 aliphatic heterocycles. The largest absolute Gasteiger partial charge is 0.508 e. The molecule has 5 heterocycles. The predicted molar refractivity (Wildman–Crippen MR) is 175 cm³/mol. The summed E-state index contributed by atoms with van der Waals surface area (Å²) in [6.45, 7) is 7.93. The Bertz CT molecular complexity index is 1750. The molecule has 0 amide bonds.